The van der Waals surface area contributed by atoms with Crippen LogP contribution in [0, 0.1) is 11.8 Å². The Hall–Kier alpha value is -2.35. The number of aliphatic hydroxyl groups excluding tert-OH is 1. The van der Waals surface area contributed by atoms with Crippen LogP contribution in [0.15, 0.2) is 47.6 Å². The number of rotatable bonds is 1. The number of fused-ring (bicyclic) bond motifs is 3. The highest BCUT2D eigenvalue weighted by atomic mass is 16.6. The van der Waals surface area contributed by atoms with Crippen LogP contribution in [0.5, 0.6) is 0 Å². The minimum Gasteiger partial charge on any atom is -0.450 e. The van der Waals surface area contributed by atoms with Gasteiger partial charge in [0, 0.05) is 28.8 Å². The van der Waals surface area contributed by atoms with E-state index in [4.69, 9.17) is 4.74 Å². The second-order valence-electron chi connectivity index (χ2n) is 7.76. The van der Waals surface area contributed by atoms with Crippen molar-refractivity contribution in [1.29, 1.82) is 0 Å². The zero-order chi connectivity index (χ0) is 19.0. The first-order valence-corrected chi connectivity index (χ1v) is 9.66. The minimum absolute atomic E-state index is 0.0261. The third-order valence-electron chi connectivity index (χ3n) is 5.99. The van der Waals surface area contributed by atoms with Crippen LogP contribution in [-0.2, 0) is 16.1 Å². The lowest BCUT2D eigenvalue weighted by atomic mass is 9.81. The number of piperidine rings is 1. The van der Waals surface area contributed by atoms with E-state index in [1.807, 2.05) is 31.2 Å². The Balaban J connectivity index is 1.74. The van der Waals surface area contributed by atoms with E-state index in [9.17, 15) is 9.90 Å². The molecule has 1 saturated heterocycles. The molecule has 0 radical (unpaired) electrons. The topological polar surface area (TPSA) is 49.8 Å². The lowest BCUT2D eigenvalue weighted by Crippen LogP contribution is -2.55. The van der Waals surface area contributed by atoms with Gasteiger partial charge >= 0.3 is 5.97 Å². The summed E-state index contributed by atoms with van der Waals surface area (Å²) in [5.41, 5.74) is 2.91. The van der Waals surface area contributed by atoms with Gasteiger partial charge in [0.25, 0.3) is 0 Å². The summed E-state index contributed by atoms with van der Waals surface area (Å²) < 4.78 is 5.85. The molecule has 4 nitrogen and oxygen atoms in total. The van der Waals surface area contributed by atoms with Crippen molar-refractivity contribution in [3.63, 3.8) is 0 Å². The van der Waals surface area contributed by atoms with Gasteiger partial charge in [-0.25, -0.2) is 4.79 Å². The van der Waals surface area contributed by atoms with Crippen molar-refractivity contribution in [3.8, 4) is 11.8 Å². The predicted molar refractivity (Wildman–Crippen MR) is 104 cm³/mol. The summed E-state index contributed by atoms with van der Waals surface area (Å²) in [5, 5.41) is 9.18. The fourth-order valence-corrected chi connectivity index (χ4v) is 4.55. The van der Waals surface area contributed by atoms with Crippen LogP contribution in [0.1, 0.15) is 44.2 Å². The van der Waals surface area contributed by atoms with Crippen LogP contribution < -0.4 is 0 Å². The van der Waals surface area contributed by atoms with Crippen molar-refractivity contribution in [1.82, 2.24) is 4.90 Å². The zero-order valence-electron chi connectivity index (χ0n) is 15.9. The van der Waals surface area contributed by atoms with Crippen LogP contribution >= 0.6 is 0 Å². The summed E-state index contributed by atoms with van der Waals surface area (Å²) in [7, 11) is 0. The minimum atomic E-state index is -0.635. The Kier molecular flexibility index (Phi) is 4.67. The maximum Gasteiger partial charge on any atom is 0.332 e. The number of esters is 1. The van der Waals surface area contributed by atoms with Gasteiger partial charge in [0.1, 0.15) is 0 Å². The molecule has 1 aromatic carbocycles. The maximum atomic E-state index is 12.2. The first-order chi connectivity index (χ1) is 13.0. The van der Waals surface area contributed by atoms with E-state index in [0.717, 1.165) is 41.7 Å². The summed E-state index contributed by atoms with van der Waals surface area (Å²) in [4.78, 5) is 14.6. The van der Waals surface area contributed by atoms with E-state index in [-0.39, 0.29) is 24.7 Å². The monoisotopic (exact) mass is 363 g/mol. The molecule has 1 unspecified atom stereocenters. The number of nitrogens with zero attached hydrogens (tertiary/aromatic N) is 1. The van der Waals surface area contributed by atoms with Gasteiger partial charge in [0.15, 0.2) is 5.60 Å². The lowest BCUT2D eigenvalue weighted by Gasteiger charge is -2.45. The molecular formula is C23H25NO3. The largest absolute Gasteiger partial charge is 0.450 e. The van der Waals surface area contributed by atoms with E-state index in [1.165, 1.54) is 6.42 Å². The van der Waals surface area contributed by atoms with E-state index >= 15 is 0 Å². The highest BCUT2D eigenvalue weighted by molar-refractivity contribution is 5.89. The molecule has 1 aromatic rings. The van der Waals surface area contributed by atoms with Gasteiger partial charge in [-0.05, 0) is 50.9 Å². The predicted octanol–water partition coefficient (Wildman–Crippen LogP) is 2.96. The molecule has 3 aliphatic rings. The van der Waals surface area contributed by atoms with Crippen LogP contribution in [0.3, 0.4) is 0 Å². The molecule has 0 amide bonds. The summed E-state index contributed by atoms with van der Waals surface area (Å²) in [5.74, 6) is 6.24. The van der Waals surface area contributed by atoms with E-state index < -0.39 is 5.60 Å². The summed E-state index contributed by atoms with van der Waals surface area (Å²) in [6.07, 6.45) is 7.16. The molecular weight excluding hydrogens is 338 g/mol. The second kappa shape index (κ2) is 6.99. The molecule has 0 spiro atoms. The lowest BCUT2D eigenvalue weighted by molar-refractivity contribution is -0.151. The molecule has 4 heteroatoms. The maximum absolute atomic E-state index is 12.2. The second-order valence-corrected chi connectivity index (χ2v) is 7.76. The van der Waals surface area contributed by atoms with Crippen LogP contribution in [0.4, 0.5) is 0 Å². The zero-order valence-corrected chi connectivity index (χ0v) is 15.9. The van der Waals surface area contributed by atoms with Gasteiger partial charge in [0.05, 0.1) is 12.6 Å². The van der Waals surface area contributed by atoms with Crippen molar-refractivity contribution in [3.05, 3.63) is 58.7 Å². The van der Waals surface area contributed by atoms with Crippen LogP contribution in [-0.4, -0.2) is 40.2 Å². The summed E-state index contributed by atoms with van der Waals surface area (Å²) >= 11 is 0. The Bertz CT molecular complexity index is 871. The van der Waals surface area contributed by atoms with Crippen molar-refractivity contribution in [2.75, 3.05) is 6.54 Å². The van der Waals surface area contributed by atoms with Gasteiger partial charge in [-0.3, -0.25) is 4.90 Å². The molecule has 3 aliphatic heterocycles. The van der Waals surface area contributed by atoms with Crippen molar-refractivity contribution >= 4 is 5.97 Å². The number of hydrogen-bond acceptors (Lipinski definition) is 4. The highest BCUT2D eigenvalue weighted by Crippen LogP contribution is 2.44. The Morgan fingerprint density at radius 1 is 1.26 bits per heavy atom. The van der Waals surface area contributed by atoms with Gasteiger partial charge < -0.3 is 9.84 Å². The molecule has 27 heavy (non-hydrogen) atoms. The number of ether oxygens (including phenoxy) is 1. The van der Waals surface area contributed by atoms with Crippen molar-refractivity contribution in [2.24, 2.45) is 0 Å². The normalized spacial score (nSPS) is 30.1. The molecule has 3 atom stereocenters. The molecule has 3 heterocycles. The number of hydrogen-bond donors (Lipinski definition) is 1. The van der Waals surface area contributed by atoms with E-state index in [0.29, 0.717) is 0 Å². The van der Waals surface area contributed by atoms with Gasteiger partial charge in [-0.2, -0.15) is 0 Å². The standard InChI is InChI=1S/C23H25NO3/c1-16-13-19(11-10-17-6-8-18(15-25)9-7-17)20-14-22(26)27-23(20,2)21-5-3-4-12-24(16)21/h6-9,13-14,16,21,25H,3-5,12,15H2,1-2H3/t16-,21?,23-/m0/s1. The van der Waals surface area contributed by atoms with Crippen LogP contribution in [0.25, 0.3) is 0 Å². The molecule has 1 N–H and O–H groups in total. The fraction of sp³-hybridized carbons (Fsp3) is 0.435. The van der Waals surface area contributed by atoms with Gasteiger partial charge in [-0.15, -0.1) is 0 Å². The fourth-order valence-electron chi connectivity index (χ4n) is 4.55. The molecule has 140 valence electrons. The number of carbonyl (C=O) groups is 1. The van der Waals surface area contributed by atoms with Crippen LogP contribution in [0.2, 0.25) is 0 Å². The summed E-state index contributed by atoms with van der Waals surface area (Å²) in [6, 6.07) is 8.01. The van der Waals surface area contributed by atoms with E-state index in [1.54, 1.807) is 6.08 Å². The Morgan fingerprint density at radius 3 is 2.78 bits per heavy atom. The first kappa shape index (κ1) is 18.0. The van der Waals surface area contributed by atoms with Gasteiger partial charge in [0.2, 0.25) is 0 Å². The molecule has 0 aromatic heterocycles. The number of aliphatic hydroxyl groups is 1. The first-order valence-electron chi connectivity index (χ1n) is 9.66. The highest BCUT2D eigenvalue weighted by Gasteiger charge is 2.51. The van der Waals surface area contributed by atoms with Gasteiger partial charge in [-0.1, -0.05) is 36.5 Å². The average molecular weight is 363 g/mol. The summed E-state index contributed by atoms with van der Waals surface area (Å²) in [6.45, 7) is 5.28. The molecule has 4 rings (SSSR count). The third kappa shape index (κ3) is 3.22. The van der Waals surface area contributed by atoms with Crippen molar-refractivity contribution in [2.45, 2.75) is 57.4 Å². The van der Waals surface area contributed by atoms with E-state index in [2.05, 4.69) is 29.7 Å². The number of benzene rings is 1. The molecule has 0 saturated carbocycles. The number of carbonyl (C=O) groups excluding carboxylic acids is 1. The molecule has 0 bridgehead atoms. The Labute approximate surface area is 160 Å². The molecule has 0 aliphatic carbocycles. The smallest absolute Gasteiger partial charge is 0.332 e. The molecule has 1 fully saturated rings. The average Bonchev–Trinajstić information content (AvgIpc) is 2.96. The van der Waals surface area contributed by atoms with Crippen molar-refractivity contribution < 1.29 is 14.6 Å². The quantitative estimate of drug-likeness (QED) is 0.616. The Morgan fingerprint density at radius 2 is 2.04 bits per heavy atom. The SMILES string of the molecule is C[C@H]1C=C(C#Cc2ccc(CO)cc2)C2=CC(=O)O[C@]2(C)C2CCCCN21. The third-order valence-corrected chi connectivity index (χ3v) is 5.99.